The van der Waals surface area contributed by atoms with Gasteiger partial charge < -0.3 is 20.6 Å². The van der Waals surface area contributed by atoms with Crippen LogP contribution in [-0.2, 0) is 4.79 Å². The van der Waals surface area contributed by atoms with Crippen molar-refractivity contribution < 1.29 is 20.1 Å². The van der Waals surface area contributed by atoms with Crippen LogP contribution in [0, 0.1) is 0 Å². The molecule has 5 heteroatoms. The van der Waals surface area contributed by atoms with Crippen molar-refractivity contribution in [1.29, 1.82) is 0 Å². The third kappa shape index (κ3) is 38.6. The molecule has 0 bridgehead atoms. The van der Waals surface area contributed by atoms with E-state index in [-0.39, 0.29) is 18.9 Å². The molecule has 0 aliphatic heterocycles. The summed E-state index contributed by atoms with van der Waals surface area (Å²) in [5.74, 6) is -0.318. The van der Waals surface area contributed by atoms with E-state index < -0.39 is 18.2 Å². The number of rotatable bonds is 42. The van der Waals surface area contributed by atoms with Crippen LogP contribution in [0.4, 0.5) is 0 Å². The minimum absolute atomic E-state index is 0.00986. The van der Waals surface area contributed by atoms with Crippen LogP contribution in [0.15, 0.2) is 24.3 Å². The second-order valence-electron chi connectivity index (χ2n) is 16.0. The summed E-state index contributed by atoms with van der Waals surface area (Å²) in [5.41, 5.74) is 0. The van der Waals surface area contributed by atoms with Crippen LogP contribution in [0.1, 0.15) is 245 Å². The summed E-state index contributed by atoms with van der Waals surface area (Å²) in [5, 5.41) is 33.3. The molecule has 0 heterocycles. The quantitative estimate of drug-likeness (QED) is 0.0371. The first-order valence-corrected chi connectivity index (χ1v) is 23.1. The fourth-order valence-corrected chi connectivity index (χ4v) is 7.16. The number of unbranched alkanes of at least 4 members (excludes halogenated alkanes) is 31. The molecule has 52 heavy (non-hydrogen) atoms. The van der Waals surface area contributed by atoms with Crippen molar-refractivity contribution in [3.05, 3.63) is 24.3 Å². The van der Waals surface area contributed by atoms with Crippen molar-refractivity contribution in [3.8, 4) is 0 Å². The highest BCUT2D eigenvalue weighted by Gasteiger charge is 2.20. The fourth-order valence-electron chi connectivity index (χ4n) is 7.16. The lowest BCUT2D eigenvalue weighted by atomic mass is 10.0. The highest BCUT2D eigenvalue weighted by atomic mass is 16.3. The van der Waals surface area contributed by atoms with Gasteiger partial charge in [-0.15, -0.1) is 0 Å². The largest absolute Gasteiger partial charge is 0.394 e. The fraction of sp³-hybridized carbons (Fsp3) is 0.894. The van der Waals surface area contributed by atoms with Crippen LogP contribution in [0.3, 0.4) is 0 Å². The Hall–Kier alpha value is -1.17. The number of aliphatic hydroxyl groups is 3. The van der Waals surface area contributed by atoms with E-state index in [0.717, 1.165) is 38.5 Å². The van der Waals surface area contributed by atoms with Crippen LogP contribution < -0.4 is 5.32 Å². The van der Waals surface area contributed by atoms with Crippen molar-refractivity contribution in [2.75, 3.05) is 6.61 Å². The molecular formula is C47H91NO4. The van der Waals surface area contributed by atoms with Crippen LogP contribution in [0.25, 0.3) is 0 Å². The number of carbonyl (C=O) groups excluding carboxylic acids is 1. The third-order valence-corrected chi connectivity index (χ3v) is 10.7. The molecule has 0 fully saturated rings. The summed E-state index contributed by atoms with van der Waals surface area (Å²) in [6.07, 6.45) is 51.8. The van der Waals surface area contributed by atoms with Gasteiger partial charge in [-0.2, -0.15) is 0 Å². The summed E-state index contributed by atoms with van der Waals surface area (Å²) >= 11 is 0. The zero-order valence-corrected chi connectivity index (χ0v) is 35.0. The average Bonchev–Trinajstić information content (AvgIpc) is 3.14. The number of allylic oxidation sites excluding steroid dienone is 3. The Morgan fingerprint density at radius 1 is 0.481 bits per heavy atom. The molecule has 3 atom stereocenters. The van der Waals surface area contributed by atoms with E-state index in [1.807, 2.05) is 6.08 Å². The Labute approximate surface area is 324 Å². The molecule has 308 valence electrons. The van der Waals surface area contributed by atoms with Gasteiger partial charge in [-0.3, -0.25) is 4.79 Å². The summed E-state index contributed by atoms with van der Waals surface area (Å²) in [6, 6.07) is -0.745. The summed E-state index contributed by atoms with van der Waals surface area (Å²) in [4.78, 5) is 12.4. The molecule has 0 saturated carbocycles. The van der Waals surface area contributed by atoms with Gasteiger partial charge in [-0.05, 0) is 44.9 Å². The Bertz CT molecular complexity index is 768. The summed E-state index contributed by atoms with van der Waals surface area (Å²) in [7, 11) is 0. The molecule has 0 aromatic rings. The Morgan fingerprint density at radius 3 is 1.17 bits per heavy atom. The average molecular weight is 734 g/mol. The lowest BCUT2D eigenvalue weighted by molar-refractivity contribution is -0.124. The summed E-state index contributed by atoms with van der Waals surface area (Å²) < 4.78 is 0. The van der Waals surface area contributed by atoms with E-state index in [4.69, 9.17) is 0 Å². The van der Waals surface area contributed by atoms with Gasteiger partial charge in [0.2, 0.25) is 5.91 Å². The van der Waals surface area contributed by atoms with Crippen LogP contribution >= 0.6 is 0 Å². The minimum Gasteiger partial charge on any atom is -0.394 e. The van der Waals surface area contributed by atoms with Gasteiger partial charge in [-0.25, -0.2) is 0 Å². The van der Waals surface area contributed by atoms with E-state index in [2.05, 4.69) is 31.3 Å². The molecule has 1 amide bonds. The van der Waals surface area contributed by atoms with Gasteiger partial charge >= 0.3 is 0 Å². The van der Waals surface area contributed by atoms with E-state index in [0.29, 0.717) is 6.42 Å². The van der Waals surface area contributed by atoms with Gasteiger partial charge in [0.25, 0.3) is 0 Å². The number of carbonyl (C=O) groups is 1. The van der Waals surface area contributed by atoms with Crippen molar-refractivity contribution >= 4 is 5.91 Å². The second kappa shape index (κ2) is 42.6. The smallest absolute Gasteiger partial charge is 0.222 e. The molecule has 4 N–H and O–H groups in total. The lowest BCUT2D eigenvalue weighted by Gasteiger charge is -2.21. The number of nitrogens with one attached hydrogen (secondary N) is 1. The van der Waals surface area contributed by atoms with Gasteiger partial charge in [0.1, 0.15) is 0 Å². The normalized spacial score (nSPS) is 13.7. The molecule has 0 aliphatic carbocycles. The van der Waals surface area contributed by atoms with Crippen molar-refractivity contribution in [3.63, 3.8) is 0 Å². The standard InChI is InChI=1S/C47H91NO4/c1-3-5-7-9-11-13-15-17-19-21-23-25-27-29-31-33-35-37-39-41-46(51)45(43-49)48-47(52)42-44(50)40-38-36-34-32-30-28-26-24-22-20-18-16-14-12-10-8-6-4-2/h24,26,39,41,44-46,49-51H,3-23,25,27-38,40,42-43H2,1-2H3,(H,48,52)/b26-24-,41-39+. The highest BCUT2D eigenvalue weighted by Crippen LogP contribution is 2.16. The molecule has 0 radical (unpaired) electrons. The maximum absolute atomic E-state index is 12.4. The monoisotopic (exact) mass is 734 g/mol. The number of amides is 1. The van der Waals surface area contributed by atoms with Gasteiger partial charge in [-0.1, -0.05) is 218 Å². The van der Waals surface area contributed by atoms with Crippen molar-refractivity contribution in [1.82, 2.24) is 5.32 Å². The SMILES string of the molecule is CCCCCCCCCCC/C=C\CCCCCCCC(O)CC(=O)NC(CO)C(O)/C=C/CCCCCCCCCCCCCCCCCCC. The maximum atomic E-state index is 12.4. The minimum atomic E-state index is -0.929. The number of hydrogen-bond acceptors (Lipinski definition) is 4. The third-order valence-electron chi connectivity index (χ3n) is 10.7. The topological polar surface area (TPSA) is 89.8 Å². The van der Waals surface area contributed by atoms with Crippen molar-refractivity contribution in [2.24, 2.45) is 0 Å². The van der Waals surface area contributed by atoms with Crippen molar-refractivity contribution in [2.45, 2.75) is 263 Å². The van der Waals surface area contributed by atoms with Gasteiger partial charge in [0.05, 0.1) is 31.3 Å². The number of aliphatic hydroxyl groups excluding tert-OH is 3. The Morgan fingerprint density at radius 2 is 0.808 bits per heavy atom. The molecule has 0 spiro atoms. The summed E-state index contributed by atoms with van der Waals surface area (Å²) in [6.45, 7) is 4.23. The van der Waals surface area contributed by atoms with E-state index >= 15 is 0 Å². The highest BCUT2D eigenvalue weighted by molar-refractivity contribution is 5.76. The molecule has 0 rings (SSSR count). The van der Waals surface area contributed by atoms with Gasteiger partial charge in [0.15, 0.2) is 0 Å². The van der Waals surface area contributed by atoms with Crippen LogP contribution in [0.5, 0.6) is 0 Å². The van der Waals surface area contributed by atoms with E-state index in [1.165, 1.54) is 180 Å². The first-order valence-electron chi connectivity index (χ1n) is 23.1. The van der Waals surface area contributed by atoms with Gasteiger partial charge in [0, 0.05) is 0 Å². The maximum Gasteiger partial charge on any atom is 0.222 e. The Kier molecular flexibility index (Phi) is 41.6. The number of hydrogen-bond donors (Lipinski definition) is 4. The first kappa shape index (κ1) is 50.8. The predicted octanol–water partition coefficient (Wildman–Crippen LogP) is 13.4. The van der Waals surface area contributed by atoms with Crippen LogP contribution in [-0.4, -0.2) is 46.1 Å². The lowest BCUT2D eigenvalue weighted by Crippen LogP contribution is -2.45. The molecular weight excluding hydrogens is 643 g/mol. The molecule has 0 aromatic heterocycles. The Balaban J connectivity index is 3.66. The zero-order chi connectivity index (χ0) is 38.0. The molecule has 3 unspecified atom stereocenters. The molecule has 0 saturated heterocycles. The zero-order valence-electron chi connectivity index (χ0n) is 35.0. The first-order chi connectivity index (χ1) is 25.5. The predicted molar refractivity (Wildman–Crippen MR) is 227 cm³/mol. The second-order valence-corrected chi connectivity index (χ2v) is 16.0. The molecule has 5 nitrogen and oxygen atoms in total. The molecule has 0 aromatic carbocycles. The van der Waals surface area contributed by atoms with E-state index in [9.17, 15) is 20.1 Å². The molecule has 0 aliphatic rings. The van der Waals surface area contributed by atoms with E-state index in [1.54, 1.807) is 6.08 Å². The van der Waals surface area contributed by atoms with Crippen LogP contribution in [0.2, 0.25) is 0 Å².